The Hall–Kier alpha value is -1.49. The fraction of sp³-hybridized carbons (Fsp3) is 0.300. The normalized spacial score (nSPS) is 14.4. The molecule has 0 aliphatic carbocycles. The van der Waals surface area contributed by atoms with Crippen LogP contribution in [0.15, 0.2) is 22.3 Å². The minimum absolute atomic E-state index is 0.111. The summed E-state index contributed by atoms with van der Waals surface area (Å²) in [5.74, 6) is 0.111. The molecule has 0 spiro atoms. The van der Waals surface area contributed by atoms with Crippen molar-refractivity contribution in [3.8, 4) is 10.9 Å². The van der Waals surface area contributed by atoms with Gasteiger partial charge >= 0.3 is 5.69 Å². The van der Waals surface area contributed by atoms with Crippen LogP contribution in [0, 0.1) is 0 Å². The van der Waals surface area contributed by atoms with Gasteiger partial charge < -0.3 is 5.11 Å². The van der Waals surface area contributed by atoms with Gasteiger partial charge in [-0.3, -0.25) is 4.57 Å². The molecule has 0 fully saturated rings. The van der Waals surface area contributed by atoms with E-state index in [2.05, 4.69) is 0 Å². The third-order valence-corrected chi connectivity index (χ3v) is 3.59. The van der Waals surface area contributed by atoms with Crippen molar-refractivity contribution in [3.05, 3.63) is 33.7 Å². The zero-order chi connectivity index (χ0) is 10.4. The van der Waals surface area contributed by atoms with Crippen molar-refractivity contribution in [1.82, 2.24) is 9.13 Å². The van der Waals surface area contributed by atoms with Crippen LogP contribution in [0.4, 0.5) is 0 Å². The van der Waals surface area contributed by atoms with Crippen LogP contribution in [0.2, 0.25) is 0 Å². The maximum absolute atomic E-state index is 12.0. The Morgan fingerprint density at radius 1 is 1.47 bits per heavy atom. The number of rotatable bonds is 1. The largest absolute Gasteiger partial charge is 0.493 e. The molecule has 0 amide bonds. The van der Waals surface area contributed by atoms with E-state index in [-0.39, 0.29) is 11.6 Å². The van der Waals surface area contributed by atoms with Crippen molar-refractivity contribution >= 4 is 11.3 Å². The van der Waals surface area contributed by atoms with E-state index in [9.17, 15) is 9.90 Å². The van der Waals surface area contributed by atoms with E-state index in [1.165, 1.54) is 15.9 Å². The molecule has 2 aromatic heterocycles. The van der Waals surface area contributed by atoms with Crippen LogP contribution in [-0.4, -0.2) is 14.2 Å². The number of fused-ring (bicyclic) bond motifs is 1. The Kier molecular flexibility index (Phi) is 1.76. The number of aromatic hydroxyl groups is 1. The molecule has 0 atom stereocenters. The van der Waals surface area contributed by atoms with E-state index in [0.717, 1.165) is 30.1 Å². The number of imidazole rings is 1. The lowest BCUT2D eigenvalue weighted by Gasteiger charge is -1.98. The molecule has 3 rings (SSSR count). The van der Waals surface area contributed by atoms with Crippen LogP contribution in [0.3, 0.4) is 0 Å². The Bertz CT molecular complexity index is 551. The van der Waals surface area contributed by atoms with Crippen LogP contribution < -0.4 is 5.69 Å². The van der Waals surface area contributed by atoms with Crippen LogP contribution in [0.5, 0.6) is 5.88 Å². The van der Waals surface area contributed by atoms with Gasteiger partial charge in [0.2, 0.25) is 5.88 Å². The highest BCUT2D eigenvalue weighted by atomic mass is 32.1. The fourth-order valence-corrected chi connectivity index (χ4v) is 2.78. The van der Waals surface area contributed by atoms with Gasteiger partial charge in [-0.05, 0) is 30.4 Å². The molecule has 1 aliphatic heterocycles. The summed E-state index contributed by atoms with van der Waals surface area (Å²) >= 11 is 1.45. The number of aromatic nitrogens is 2. The summed E-state index contributed by atoms with van der Waals surface area (Å²) in [6.07, 6.45) is 1.74. The summed E-state index contributed by atoms with van der Waals surface area (Å²) in [6.45, 7) is 0.722. The zero-order valence-electron chi connectivity index (χ0n) is 8.01. The van der Waals surface area contributed by atoms with Crippen LogP contribution in [0.1, 0.15) is 12.1 Å². The highest BCUT2D eigenvalue weighted by Crippen LogP contribution is 2.27. The monoisotopic (exact) mass is 222 g/mol. The van der Waals surface area contributed by atoms with E-state index in [1.807, 2.05) is 17.5 Å². The lowest BCUT2D eigenvalue weighted by atomic mass is 10.3. The molecule has 0 saturated heterocycles. The number of nitrogens with zero attached hydrogens (tertiary/aromatic N) is 2. The van der Waals surface area contributed by atoms with Gasteiger partial charge in [0.25, 0.3) is 0 Å². The van der Waals surface area contributed by atoms with E-state index in [0.29, 0.717) is 0 Å². The molecule has 2 aromatic rings. The molecule has 5 heteroatoms. The van der Waals surface area contributed by atoms with Crippen molar-refractivity contribution in [2.24, 2.45) is 0 Å². The molecule has 0 bridgehead atoms. The predicted octanol–water partition coefficient (Wildman–Crippen LogP) is 1.35. The molecule has 1 N–H and O–H groups in total. The van der Waals surface area contributed by atoms with Crippen molar-refractivity contribution in [1.29, 1.82) is 0 Å². The van der Waals surface area contributed by atoms with Crippen LogP contribution in [0.25, 0.3) is 5.00 Å². The smallest absolute Gasteiger partial charge is 0.336 e. The van der Waals surface area contributed by atoms with Crippen molar-refractivity contribution in [2.45, 2.75) is 19.4 Å². The third kappa shape index (κ3) is 1.10. The summed E-state index contributed by atoms with van der Waals surface area (Å²) in [4.78, 5) is 12.0. The SMILES string of the molecule is O=c1n2c(c(O)n1-c1cccs1)CCC2. The quantitative estimate of drug-likeness (QED) is 0.791. The van der Waals surface area contributed by atoms with E-state index in [1.54, 1.807) is 4.57 Å². The molecular weight excluding hydrogens is 212 g/mol. The Morgan fingerprint density at radius 2 is 2.33 bits per heavy atom. The average molecular weight is 222 g/mol. The summed E-state index contributed by atoms with van der Waals surface area (Å²) in [5.41, 5.74) is 0.649. The van der Waals surface area contributed by atoms with Gasteiger partial charge in [0.05, 0.1) is 5.69 Å². The first kappa shape index (κ1) is 8.79. The molecule has 0 unspecified atom stereocenters. The Balaban J connectivity index is 2.30. The highest BCUT2D eigenvalue weighted by Gasteiger charge is 2.24. The molecule has 78 valence electrons. The standard InChI is InChI=1S/C10H10N2O2S/c13-9-7-3-1-5-11(7)10(14)12(9)8-4-2-6-15-8/h2,4,6,13H,1,3,5H2. The van der Waals surface area contributed by atoms with Crippen molar-refractivity contribution in [2.75, 3.05) is 0 Å². The molecule has 0 aromatic carbocycles. The second kappa shape index (κ2) is 3.00. The van der Waals surface area contributed by atoms with Gasteiger partial charge in [-0.15, -0.1) is 11.3 Å². The maximum atomic E-state index is 12.0. The molecule has 15 heavy (non-hydrogen) atoms. The molecule has 0 radical (unpaired) electrons. The summed E-state index contributed by atoms with van der Waals surface area (Å²) in [6, 6.07) is 3.70. The molecule has 0 saturated carbocycles. The second-order valence-electron chi connectivity index (χ2n) is 3.59. The van der Waals surface area contributed by atoms with Gasteiger partial charge in [-0.25, -0.2) is 9.36 Å². The molecular formula is C10H10N2O2S. The lowest BCUT2D eigenvalue weighted by Crippen LogP contribution is -2.21. The highest BCUT2D eigenvalue weighted by molar-refractivity contribution is 7.12. The van der Waals surface area contributed by atoms with Crippen LogP contribution >= 0.6 is 11.3 Å². The summed E-state index contributed by atoms with van der Waals surface area (Å²) < 4.78 is 3.05. The molecule has 1 aliphatic rings. The van der Waals surface area contributed by atoms with Gasteiger partial charge in [0, 0.05) is 6.54 Å². The Morgan fingerprint density at radius 3 is 3.00 bits per heavy atom. The minimum Gasteiger partial charge on any atom is -0.493 e. The topological polar surface area (TPSA) is 47.2 Å². The first-order valence-electron chi connectivity index (χ1n) is 4.86. The third-order valence-electron chi connectivity index (χ3n) is 2.74. The number of hydrogen-bond donors (Lipinski definition) is 1. The van der Waals surface area contributed by atoms with Gasteiger partial charge in [0.15, 0.2) is 0 Å². The van der Waals surface area contributed by atoms with Crippen molar-refractivity contribution in [3.63, 3.8) is 0 Å². The first-order chi connectivity index (χ1) is 7.29. The minimum atomic E-state index is -0.123. The molecule has 3 heterocycles. The van der Waals surface area contributed by atoms with E-state index in [4.69, 9.17) is 0 Å². The maximum Gasteiger partial charge on any atom is 0.336 e. The second-order valence-corrected chi connectivity index (χ2v) is 4.52. The first-order valence-corrected chi connectivity index (χ1v) is 5.74. The Labute approximate surface area is 90.0 Å². The number of hydrogen-bond acceptors (Lipinski definition) is 3. The summed E-state index contributed by atoms with van der Waals surface area (Å²) in [7, 11) is 0. The van der Waals surface area contributed by atoms with Gasteiger partial charge in [-0.2, -0.15) is 0 Å². The average Bonchev–Trinajstić information content (AvgIpc) is 2.89. The van der Waals surface area contributed by atoms with Gasteiger partial charge in [0.1, 0.15) is 5.00 Å². The lowest BCUT2D eigenvalue weighted by molar-refractivity contribution is 0.435. The van der Waals surface area contributed by atoms with Gasteiger partial charge in [-0.1, -0.05) is 0 Å². The van der Waals surface area contributed by atoms with E-state index < -0.39 is 0 Å². The van der Waals surface area contributed by atoms with E-state index >= 15 is 0 Å². The predicted molar refractivity (Wildman–Crippen MR) is 57.9 cm³/mol. The van der Waals surface area contributed by atoms with Crippen molar-refractivity contribution < 1.29 is 5.11 Å². The van der Waals surface area contributed by atoms with Crippen LogP contribution in [-0.2, 0) is 13.0 Å². The molecule has 4 nitrogen and oxygen atoms in total. The zero-order valence-corrected chi connectivity index (χ0v) is 8.83. The number of thiophene rings is 1. The summed E-state index contributed by atoms with van der Waals surface area (Å²) in [5, 5.41) is 12.6. The fourth-order valence-electron chi connectivity index (χ4n) is 2.05.